The molecule has 11 nitrogen and oxygen atoms in total. The molecule has 0 radical (unpaired) electrons. The number of ether oxygens (including phenoxy) is 2. The molecule has 1 aliphatic rings. The lowest BCUT2D eigenvalue weighted by Gasteiger charge is -2.19. The molecule has 4 rings (SSSR count). The van der Waals surface area contributed by atoms with Crippen LogP contribution in [0.5, 0.6) is 0 Å². The number of hydrogen-bond donors (Lipinski definition) is 2. The highest BCUT2D eigenvalue weighted by Crippen LogP contribution is 2.33. The van der Waals surface area contributed by atoms with Gasteiger partial charge in [-0.05, 0) is 64.1 Å². The summed E-state index contributed by atoms with van der Waals surface area (Å²) >= 11 is 7.25. The third-order valence-electron chi connectivity index (χ3n) is 5.63. The first-order valence-electron chi connectivity index (χ1n) is 12.4. The number of benzene rings is 2. The number of aryl methyl sites for hydroxylation is 1. The molecule has 0 fully saturated rings. The number of aromatic nitrogens is 1. The molecular formula is C28H25ClN4O7S. The van der Waals surface area contributed by atoms with Gasteiger partial charge in [-0.2, -0.15) is 0 Å². The van der Waals surface area contributed by atoms with Gasteiger partial charge in [0, 0.05) is 11.3 Å². The number of para-hydroxylation sites is 1. The number of halogens is 1. The Kier molecular flexibility index (Phi) is 8.84. The van der Waals surface area contributed by atoms with Gasteiger partial charge in [0.2, 0.25) is 0 Å². The van der Waals surface area contributed by atoms with Crippen molar-refractivity contribution in [2.45, 2.75) is 33.8 Å². The van der Waals surface area contributed by atoms with Crippen LogP contribution < -0.4 is 15.5 Å². The number of rotatable bonds is 9. The molecule has 212 valence electrons. The van der Waals surface area contributed by atoms with Gasteiger partial charge in [0.05, 0.1) is 29.7 Å². The fourth-order valence-electron chi connectivity index (χ4n) is 3.80. The molecule has 3 amide bonds. The highest BCUT2D eigenvalue weighted by Gasteiger charge is 2.40. The van der Waals surface area contributed by atoms with Crippen molar-refractivity contribution in [3.63, 3.8) is 0 Å². The predicted octanol–water partition coefficient (Wildman–Crippen LogP) is 4.88. The Hall–Kier alpha value is -4.55. The number of esters is 2. The Balaban J connectivity index is 1.48. The third-order valence-corrected chi connectivity index (χ3v) is 7.03. The molecule has 0 bridgehead atoms. The lowest BCUT2D eigenvalue weighted by atomic mass is 10.1. The van der Waals surface area contributed by atoms with E-state index < -0.39 is 35.8 Å². The van der Waals surface area contributed by atoms with Gasteiger partial charge >= 0.3 is 11.9 Å². The zero-order valence-corrected chi connectivity index (χ0v) is 24.0. The Morgan fingerprint density at radius 1 is 1.02 bits per heavy atom. The lowest BCUT2D eigenvalue weighted by Crippen LogP contribution is -2.33. The van der Waals surface area contributed by atoms with E-state index in [1.807, 2.05) is 0 Å². The fraction of sp³-hybridized carbons (Fsp3) is 0.214. The van der Waals surface area contributed by atoms with Gasteiger partial charge in [-0.15, -0.1) is 0 Å². The first kappa shape index (κ1) is 29.4. The molecule has 1 aromatic heterocycles. The number of amides is 3. The van der Waals surface area contributed by atoms with Crippen molar-refractivity contribution in [3.05, 3.63) is 81.0 Å². The standard InChI is InChI=1S/C28H25ClN4O7S/c1-5-39-27(38)22-15(4)30-28(41-22)32-23(34)16-10-12-17(13-11-16)31-21-20(29)24(35)33(25(21)36)19-9-7-6-8-18(19)26(37)40-14(2)3/h6-14,31H,5H2,1-4H3,(H,30,32,34). The third kappa shape index (κ3) is 6.28. The van der Waals surface area contributed by atoms with Crippen LogP contribution in [0.3, 0.4) is 0 Å². The van der Waals surface area contributed by atoms with Crippen molar-refractivity contribution >= 4 is 69.1 Å². The number of carbonyl (C=O) groups is 5. The van der Waals surface area contributed by atoms with Gasteiger partial charge < -0.3 is 14.8 Å². The number of nitrogens with one attached hydrogen (secondary N) is 2. The van der Waals surface area contributed by atoms with Crippen LogP contribution in [0.2, 0.25) is 0 Å². The molecule has 0 spiro atoms. The second-order valence-corrected chi connectivity index (χ2v) is 10.3. The monoisotopic (exact) mass is 596 g/mol. The highest BCUT2D eigenvalue weighted by atomic mass is 35.5. The van der Waals surface area contributed by atoms with E-state index in [1.165, 1.54) is 36.4 Å². The molecule has 2 N–H and O–H groups in total. The Bertz CT molecular complexity index is 1580. The van der Waals surface area contributed by atoms with Crippen LogP contribution >= 0.6 is 22.9 Å². The summed E-state index contributed by atoms with van der Waals surface area (Å²) in [5.41, 5.74) is 0.977. The van der Waals surface area contributed by atoms with E-state index in [0.717, 1.165) is 16.2 Å². The van der Waals surface area contributed by atoms with Crippen LogP contribution in [-0.4, -0.2) is 47.4 Å². The van der Waals surface area contributed by atoms with Gasteiger partial charge in [-0.25, -0.2) is 19.5 Å². The molecule has 41 heavy (non-hydrogen) atoms. The van der Waals surface area contributed by atoms with Crippen LogP contribution in [0.1, 0.15) is 56.9 Å². The van der Waals surface area contributed by atoms with E-state index in [0.29, 0.717) is 16.3 Å². The van der Waals surface area contributed by atoms with Crippen LogP contribution in [0.25, 0.3) is 0 Å². The average molecular weight is 597 g/mol. The minimum absolute atomic E-state index is 0.0359. The summed E-state index contributed by atoms with van der Waals surface area (Å²) in [5.74, 6) is -3.23. The molecule has 0 saturated heterocycles. The van der Waals surface area contributed by atoms with Crippen molar-refractivity contribution in [2.24, 2.45) is 0 Å². The number of anilines is 3. The second kappa shape index (κ2) is 12.3. The number of hydrogen-bond acceptors (Lipinski definition) is 10. The van der Waals surface area contributed by atoms with Crippen LogP contribution in [0, 0.1) is 6.92 Å². The Morgan fingerprint density at radius 2 is 1.71 bits per heavy atom. The Labute approximate surface area is 244 Å². The zero-order valence-electron chi connectivity index (χ0n) is 22.4. The predicted molar refractivity (Wildman–Crippen MR) is 153 cm³/mol. The first-order valence-corrected chi connectivity index (χ1v) is 13.6. The maximum atomic E-state index is 13.3. The maximum absolute atomic E-state index is 13.3. The fourth-order valence-corrected chi connectivity index (χ4v) is 4.87. The smallest absolute Gasteiger partial charge is 0.350 e. The van der Waals surface area contributed by atoms with E-state index >= 15 is 0 Å². The molecule has 0 atom stereocenters. The van der Waals surface area contributed by atoms with E-state index in [-0.39, 0.29) is 39.3 Å². The minimum atomic E-state index is -0.805. The molecule has 0 unspecified atom stereocenters. The average Bonchev–Trinajstić information content (AvgIpc) is 3.40. The zero-order chi connectivity index (χ0) is 29.8. The molecule has 3 aromatic rings. The minimum Gasteiger partial charge on any atom is -0.462 e. The van der Waals surface area contributed by atoms with Crippen molar-refractivity contribution in [1.29, 1.82) is 0 Å². The summed E-state index contributed by atoms with van der Waals surface area (Å²) in [7, 11) is 0. The van der Waals surface area contributed by atoms with E-state index in [9.17, 15) is 24.0 Å². The Morgan fingerprint density at radius 3 is 2.37 bits per heavy atom. The first-order chi connectivity index (χ1) is 19.5. The SMILES string of the molecule is CCOC(=O)c1sc(NC(=O)c2ccc(NC3=C(Cl)C(=O)N(c4ccccc4C(=O)OC(C)C)C3=O)cc2)nc1C. The topological polar surface area (TPSA) is 144 Å². The molecule has 13 heteroatoms. The molecular weight excluding hydrogens is 572 g/mol. The van der Waals surface area contributed by atoms with Crippen molar-refractivity contribution in [3.8, 4) is 0 Å². The summed E-state index contributed by atoms with van der Waals surface area (Å²) in [6.45, 7) is 6.93. The number of thiazole rings is 1. The molecule has 0 aliphatic carbocycles. The summed E-state index contributed by atoms with van der Waals surface area (Å²) in [6.07, 6.45) is -0.405. The van der Waals surface area contributed by atoms with Gasteiger partial charge in [0.25, 0.3) is 17.7 Å². The second-order valence-electron chi connectivity index (χ2n) is 8.92. The largest absolute Gasteiger partial charge is 0.462 e. The van der Waals surface area contributed by atoms with Crippen molar-refractivity contribution in [2.75, 3.05) is 22.1 Å². The number of imide groups is 1. The lowest BCUT2D eigenvalue weighted by molar-refractivity contribution is -0.120. The maximum Gasteiger partial charge on any atom is 0.350 e. The van der Waals surface area contributed by atoms with Crippen molar-refractivity contribution in [1.82, 2.24) is 4.98 Å². The van der Waals surface area contributed by atoms with E-state index in [2.05, 4.69) is 15.6 Å². The normalized spacial score (nSPS) is 13.1. The van der Waals surface area contributed by atoms with Gasteiger partial charge in [-0.1, -0.05) is 35.1 Å². The molecule has 2 heterocycles. The van der Waals surface area contributed by atoms with Crippen molar-refractivity contribution < 1.29 is 33.4 Å². The van der Waals surface area contributed by atoms with Crippen LogP contribution in [0.15, 0.2) is 59.3 Å². The molecule has 0 saturated carbocycles. The van der Waals surface area contributed by atoms with E-state index in [1.54, 1.807) is 39.8 Å². The van der Waals surface area contributed by atoms with Crippen LogP contribution in [0.4, 0.5) is 16.5 Å². The van der Waals surface area contributed by atoms with Gasteiger partial charge in [-0.3, -0.25) is 19.7 Å². The molecule has 1 aliphatic heterocycles. The van der Waals surface area contributed by atoms with Gasteiger partial charge in [0.1, 0.15) is 15.6 Å². The van der Waals surface area contributed by atoms with Crippen LogP contribution in [-0.2, 0) is 19.1 Å². The molecule has 2 aromatic carbocycles. The summed E-state index contributed by atoms with van der Waals surface area (Å²) in [5, 5.41) is 5.35. The van der Waals surface area contributed by atoms with Gasteiger partial charge in [0.15, 0.2) is 5.13 Å². The highest BCUT2D eigenvalue weighted by molar-refractivity contribution is 7.17. The summed E-state index contributed by atoms with van der Waals surface area (Å²) in [6, 6.07) is 12.1. The van der Waals surface area contributed by atoms with E-state index in [4.69, 9.17) is 21.1 Å². The quantitative estimate of drug-likeness (QED) is 0.261. The summed E-state index contributed by atoms with van der Waals surface area (Å²) in [4.78, 5) is 68.9. The number of carbonyl (C=O) groups excluding carboxylic acids is 5. The number of nitrogens with zero attached hydrogens (tertiary/aromatic N) is 2. The summed E-state index contributed by atoms with van der Waals surface area (Å²) < 4.78 is 10.2.